The van der Waals surface area contributed by atoms with Gasteiger partial charge >= 0.3 is 0 Å². The third kappa shape index (κ3) is 3.46. The molecule has 1 fully saturated rings. The number of para-hydroxylation sites is 1. The van der Waals surface area contributed by atoms with Crippen LogP contribution in [0.1, 0.15) is 5.56 Å². The van der Waals surface area contributed by atoms with Gasteiger partial charge in [-0.2, -0.15) is 0 Å². The van der Waals surface area contributed by atoms with Gasteiger partial charge in [0.15, 0.2) is 0 Å². The van der Waals surface area contributed by atoms with Gasteiger partial charge in [-0.05, 0) is 17.7 Å². The van der Waals surface area contributed by atoms with E-state index >= 15 is 0 Å². The molecule has 0 spiro atoms. The van der Waals surface area contributed by atoms with Gasteiger partial charge in [0.05, 0.1) is 6.61 Å². The van der Waals surface area contributed by atoms with Gasteiger partial charge in [0, 0.05) is 19.3 Å². The van der Waals surface area contributed by atoms with Gasteiger partial charge in [-0.15, -0.1) is 0 Å². The van der Waals surface area contributed by atoms with Crippen LogP contribution >= 0.6 is 0 Å². The third-order valence-corrected chi connectivity index (χ3v) is 4.15. The van der Waals surface area contributed by atoms with Crippen molar-refractivity contribution in [1.29, 1.82) is 0 Å². The smallest absolute Gasteiger partial charge is 0.251 e. The molecule has 2 amide bonds. The van der Waals surface area contributed by atoms with E-state index in [1.54, 1.807) is 16.8 Å². The minimum Gasteiger partial charge on any atom is -0.369 e. The highest BCUT2D eigenvalue weighted by atomic mass is 16.5. The monoisotopic (exact) mass is 324 g/mol. The Morgan fingerprint density at radius 3 is 2.42 bits per heavy atom. The summed E-state index contributed by atoms with van der Waals surface area (Å²) >= 11 is 0. The molecule has 1 aliphatic rings. The molecule has 0 saturated carbocycles. The highest BCUT2D eigenvalue weighted by Gasteiger charge is 2.35. The van der Waals surface area contributed by atoms with Crippen molar-refractivity contribution in [3.63, 3.8) is 0 Å². The topological polar surface area (TPSA) is 49.9 Å². The Bertz CT molecular complexity index is 703. The normalized spacial score (nSPS) is 17.6. The Balaban J connectivity index is 1.80. The molecule has 3 rings (SSSR count). The fourth-order valence-corrected chi connectivity index (χ4v) is 2.79. The fraction of sp³-hybridized carbons (Fsp3) is 0.263. The summed E-state index contributed by atoms with van der Waals surface area (Å²) in [4.78, 5) is 28.4. The molecule has 0 radical (unpaired) electrons. The van der Waals surface area contributed by atoms with Crippen LogP contribution in [0.3, 0.4) is 0 Å². The lowest BCUT2D eigenvalue weighted by atomic mass is 10.1. The molecule has 0 unspecified atom stereocenters. The van der Waals surface area contributed by atoms with Crippen molar-refractivity contribution in [3.8, 4) is 0 Å². The van der Waals surface area contributed by atoms with Crippen LogP contribution in [0.4, 0.5) is 5.69 Å². The van der Waals surface area contributed by atoms with E-state index < -0.39 is 6.04 Å². The van der Waals surface area contributed by atoms with E-state index in [4.69, 9.17) is 4.74 Å². The minimum absolute atomic E-state index is 0.0195. The first-order chi connectivity index (χ1) is 11.7. The molecule has 24 heavy (non-hydrogen) atoms. The molecule has 1 saturated heterocycles. The number of ether oxygens (including phenoxy) is 1. The van der Waals surface area contributed by atoms with Crippen molar-refractivity contribution in [1.82, 2.24) is 4.90 Å². The minimum atomic E-state index is -0.614. The van der Waals surface area contributed by atoms with Crippen molar-refractivity contribution >= 4 is 17.5 Å². The number of nitrogens with zero attached hydrogens (tertiary/aromatic N) is 2. The first-order valence-corrected chi connectivity index (χ1v) is 7.90. The number of rotatable bonds is 4. The largest absolute Gasteiger partial charge is 0.369 e. The fourth-order valence-electron chi connectivity index (χ4n) is 2.79. The zero-order valence-electron chi connectivity index (χ0n) is 13.6. The quantitative estimate of drug-likeness (QED) is 0.865. The van der Waals surface area contributed by atoms with Gasteiger partial charge in [-0.1, -0.05) is 48.5 Å². The molecule has 0 bridgehead atoms. The third-order valence-electron chi connectivity index (χ3n) is 4.15. The van der Waals surface area contributed by atoms with Crippen LogP contribution in [0.25, 0.3) is 0 Å². The number of carbonyl (C=O) groups excluding carboxylic acids is 2. The average molecular weight is 324 g/mol. The highest BCUT2D eigenvalue weighted by Crippen LogP contribution is 2.19. The van der Waals surface area contributed by atoms with Gasteiger partial charge in [0.1, 0.15) is 12.6 Å². The van der Waals surface area contributed by atoms with Crippen molar-refractivity contribution in [3.05, 3.63) is 66.2 Å². The summed E-state index contributed by atoms with van der Waals surface area (Å²) in [5, 5.41) is 0. The number of morpholine rings is 1. The molecule has 1 aliphatic heterocycles. The van der Waals surface area contributed by atoms with E-state index in [-0.39, 0.29) is 25.0 Å². The lowest BCUT2D eigenvalue weighted by molar-refractivity contribution is -0.154. The highest BCUT2D eigenvalue weighted by molar-refractivity contribution is 5.99. The maximum absolute atomic E-state index is 12.9. The van der Waals surface area contributed by atoms with Crippen LogP contribution in [-0.2, 0) is 20.9 Å². The maximum atomic E-state index is 12.9. The van der Waals surface area contributed by atoms with Crippen LogP contribution in [0.15, 0.2) is 60.7 Å². The van der Waals surface area contributed by atoms with Gasteiger partial charge in [0.25, 0.3) is 5.91 Å². The van der Waals surface area contributed by atoms with Crippen molar-refractivity contribution in [2.24, 2.45) is 0 Å². The number of likely N-dealkylation sites (N-methyl/N-ethyl adjacent to an activating group) is 1. The lowest BCUT2D eigenvalue weighted by Gasteiger charge is -2.36. The number of anilines is 1. The molecule has 2 aromatic rings. The Kier molecular flexibility index (Phi) is 4.91. The summed E-state index contributed by atoms with van der Waals surface area (Å²) in [6.07, 6.45) is 0. The molecule has 2 aromatic carbocycles. The van der Waals surface area contributed by atoms with Crippen LogP contribution in [0.2, 0.25) is 0 Å². The van der Waals surface area contributed by atoms with Gasteiger partial charge in [0.2, 0.25) is 5.91 Å². The van der Waals surface area contributed by atoms with E-state index in [9.17, 15) is 9.59 Å². The second-order valence-corrected chi connectivity index (χ2v) is 5.77. The molecule has 0 aliphatic carbocycles. The van der Waals surface area contributed by atoms with E-state index in [2.05, 4.69) is 0 Å². The Morgan fingerprint density at radius 2 is 1.75 bits per heavy atom. The summed E-state index contributed by atoms with van der Waals surface area (Å²) in [6, 6.07) is 18.4. The molecular weight excluding hydrogens is 304 g/mol. The standard InChI is InChI=1S/C19H20N2O3/c1-20(16-10-6-3-7-11-16)19(23)17-13-24-14-18(22)21(17)12-15-8-4-2-5-9-15/h2-11,17H,12-14H2,1H3/t17-/m0/s1. The Labute approximate surface area is 141 Å². The van der Waals surface area contributed by atoms with E-state index in [0.717, 1.165) is 11.3 Å². The predicted molar refractivity (Wildman–Crippen MR) is 91.5 cm³/mol. The predicted octanol–water partition coefficient (Wildman–Crippen LogP) is 2.08. The molecule has 5 nitrogen and oxygen atoms in total. The van der Waals surface area contributed by atoms with E-state index in [1.165, 1.54) is 0 Å². The molecule has 124 valence electrons. The second-order valence-electron chi connectivity index (χ2n) is 5.77. The zero-order valence-corrected chi connectivity index (χ0v) is 13.6. The lowest BCUT2D eigenvalue weighted by Crippen LogP contribution is -2.56. The number of carbonyl (C=O) groups is 2. The summed E-state index contributed by atoms with van der Waals surface area (Å²) < 4.78 is 5.33. The van der Waals surface area contributed by atoms with Gasteiger partial charge in [-0.3, -0.25) is 9.59 Å². The molecule has 1 atom stereocenters. The summed E-state index contributed by atoms with van der Waals surface area (Å²) in [5.74, 6) is -0.310. The van der Waals surface area contributed by atoms with Crippen LogP contribution in [-0.4, -0.2) is 43.0 Å². The van der Waals surface area contributed by atoms with E-state index in [1.807, 2.05) is 60.7 Å². The van der Waals surface area contributed by atoms with Gasteiger partial charge < -0.3 is 14.5 Å². The maximum Gasteiger partial charge on any atom is 0.251 e. The van der Waals surface area contributed by atoms with Crippen molar-refractivity contribution in [2.75, 3.05) is 25.2 Å². The second kappa shape index (κ2) is 7.27. The number of hydrogen-bond donors (Lipinski definition) is 0. The molecule has 5 heteroatoms. The molecular formula is C19H20N2O3. The summed E-state index contributed by atoms with van der Waals surface area (Å²) in [7, 11) is 1.72. The van der Waals surface area contributed by atoms with Crippen molar-refractivity contribution in [2.45, 2.75) is 12.6 Å². The number of benzene rings is 2. The summed E-state index contributed by atoms with van der Waals surface area (Å²) in [6.45, 7) is 0.641. The average Bonchev–Trinajstić information content (AvgIpc) is 2.64. The molecule has 1 heterocycles. The van der Waals surface area contributed by atoms with Gasteiger partial charge in [-0.25, -0.2) is 0 Å². The number of amides is 2. The number of hydrogen-bond acceptors (Lipinski definition) is 3. The molecule has 0 aromatic heterocycles. The van der Waals surface area contributed by atoms with Crippen LogP contribution in [0, 0.1) is 0 Å². The SMILES string of the molecule is CN(C(=O)[C@@H]1COCC(=O)N1Cc1ccccc1)c1ccccc1. The molecule has 0 N–H and O–H groups in total. The van der Waals surface area contributed by atoms with E-state index in [0.29, 0.717) is 6.54 Å². The van der Waals surface area contributed by atoms with Crippen LogP contribution < -0.4 is 4.90 Å². The Hall–Kier alpha value is -2.66. The Morgan fingerprint density at radius 1 is 1.12 bits per heavy atom. The van der Waals surface area contributed by atoms with Crippen molar-refractivity contribution < 1.29 is 14.3 Å². The first-order valence-electron chi connectivity index (χ1n) is 7.90. The van der Waals surface area contributed by atoms with Crippen LogP contribution in [0.5, 0.6) is 0 Å². The zero-order chi connectivity index (χ0) is 16.9. The first kappa shape index (κ1) is 16.2. The summed E-state index contributed by atoms with van der Waals surface area (Å²) in [5.41, 5.74) is 1.79.